The van der Waals surface area contributed by atoms with E-state index in [1.54, 1.807) is 12.1 Å². The minimum atomic E-state index is -0.409. The number of carbonyl (C=O) groups excluding carboxylic acids is 2. The van der Waals surface area contributed by atoms with Crippen molar-refractivity contribution in [1.29, 1.82) is 0 Å². The van der Waals surface area contributed by atoms with Gasteiger partial charge >= 0.3 is 0 Å². The van der Waals surface area contributed by atoms with E-state index in [2.05, 4.69) is 36.8 Å². The minimum Gasteiger partial charge on any atom is -0.342 e. The van der Waals surface area contributed by atoms with Crippen LogP contribution in [0.2, 0.25) is 10.0 Å². The van der Waals surface area contributed by atoms with Gasteiger partial charge in [0.05, 0.1) is 22.4 Å². The van der Waals surface area contributed by atoms with Crippen molar-refractivity contribution >= 4 is 68.4 Å². The van der Waals surface area contributed by atoms with E-state index in [1.807, 2.05) is 51.3 Å². The third-order valence-electron chi connectivity index (χ3n) is 5.80. The Hall–Kier alpha value is -2.07. The van der Waals surface area contributed by atoms with E-state index in [9.17, 15) is 9.59 Å². The zero-order chi connectivity index (χ0) is 26.6. The van der Waals surface area contributed by atoms with Crippen LogP contribution in [0.15, 0.2) is 40.0 Å². The summed E-state index contributed by atoms with van der Waals surface area (Å²) in [6, 6.07) is 8.14. The summed E-state index contributed by atoms with van der Waals surface area (Å²) in [5.41, 5.74) is 3.21. The molecule has 7 nitrogen and oxygen atoms in total. The number of hydrogen-bond donors (Lipinski definition) is 2. The summed E-state index contributed by atoms with van der Waals surface area (Å²) in [5, 5.41) is 16.0. The highest BCUT2D eigenvalue weighted by Gasteiger charge is 2.27. The third kappa shape index (κ3) is 6.62. The second-order valence-electron chi connectivity index (χ2n) is 8.59. The summed E-state index contributed by atoms with van der Waals surface area (Å²) in [4.78, 5) is 25.6. The number of nitrogens with zero attached hydrogens (tertiary/aromatic N) is 3. The first-order chi connectivity index (χ1) is 17.0. The fourth-order valence-corrected chi connectivity index (χ4v) is 5.33. The molecule has 0 unspecified atom stereocenters. The van der Waals surface area contributed by atoms with E-state index < -0.39 is 6.04 Å². The zero-order valence-electron chi connectivity index (χ0n) is 20.7. The molecule has 1 heterocycles. The smallest absolute Gasteiger partial charge is 0.253 e. The molecule has 0 bridgehead atoms. The van der Waals surface area contributed by atoms with Crippen molar-refractivity contribution in [2.75, 3.05) is 11.1 Å². The van der Waals surface area contributed by atoms with Crippen LogP contribution in [-0.2, 0) is 11.3 Å². The Morgan fingerprint density at radius 2 is 1.83 bits per heavy atom. The van der Waals surface area contributed by atoms with E-state index in [4.69, 9.17) is 23.2 Å². The van der Waals surface area contributed by atoms with Crippen LogP contribution in [0.4, 0.5) is 5.69 Å². The van der Waals surface area contributed by atoms with Gasteiger partial charge in [-0.3, -0.25) is 9.59 Å². The molecule has 0 aliphatic heterocycles. The van der Waals surface area contributed by atoms with Gasteiger partial charge in [0.2, 0.25) is 5.91 Å². The molecule has 2 aromatic carbocycles. The van der Waals surface area contributed by atoms with Crippen molar-refractivity contribution in [3.8, 4) is 0 Å². The van der Waals surface area contributed by atoms with Crippen LogP contribution in [0.3, 0.4) is 0 Å². The summed E-state index contributed by atoms with van der Waals surface area (Å²) >= 11 is 17.0. The number of halogens is 3. The van der Waals surface area contributed by atoms with Crippen LogP contribution in [-0.4, -0.2) is 32.3 Å². The summed E-state index contributed by atoms with van der Waals surface area (Å²) in [6.07, 6.45) is 0. The van der Waals surface area contributed by atoms with Crippen molar-refractivity contribution in [2.24, 2.45) is 5.92 Å². The minimum absolute atomic E-state index is 0.0271. The molecule has 0 saturated carbocycles. The van der Waals surface area contributed by atoms with E-state index in [0.717, 1.165) is 21.3 Å². The molecule has 0 aliphatic rings. The Morgan fingerprint density at radius 3 is 2.47 bits per heavy atom. The molecule has 192 valence electrons. The molecule has 3 rings (SSSR count). The van der Waals surface area contributed by atoms with E-state index in [-0.39, 0.29) is 28.5 Å². The topological polar surface area (TPSA) is 88.9 Å². The van der Waals surface area contributed by atoms with Crippen LogP contribution >= 0.6 is 50.9 Å². The highest BCUT2D eigenvalue weighted by atomic mass is 79.9. The van der Waals surface area contributed by atoms with Crippen molar-refractivity contribution in [3.05, 3.63) is 67.4 Å². The van der Waals surface area contributed by atoms with Gasteiger partial charge in [-0.2, -0.15) is 0 Å². The van der Waals surface area contributed by atoms with Crippen LogP contribution in [0, 0.1) is 19.8 Å². The van der Waals surface area contributed by atoms with Crippen molar-refractivity contribution in [2.45, 2.75) is 52.4 Å². The van der Waals surface area contributed by atoms with Gasteiger partial charge < -0.3 is 15.2 Å². The SMILES string of the molecule is CCn1c(SCC(=O)Nc2ccc(Br)c(C)c2C)nnc1[C@H](NC(=O)c1ccc(Cl)cc1Cl)C(C)C. The predicted molar refractivity (Wildman–Crippen MR) is 150 cm³/mol. The maximum absolute atomic E-state index is 13.0. The lowest BCUT2D eigenvalue weighted by Crippen LogP contribution is -2.34. The number of rotatable bonds is 9. The van der Waals surface area contributed by atoms with Crippen LogP contribution in [0.5, 0.6) is 0 Å². The Kier molecular flexibility index (Phi) is 9.86. The number of hydrogen-bond acceptors (Lipinski definition) is 5. The highest BCUT2D eigenvalue weighted by Crippen LogP contribution is 2.28. The number of thioether (sulfide) groups is 1. The van der Waals surface area contributed by atoms with Gasteiger partial charge in [-0.1, -0.05) is 64.7 Å². The first-order valence-corrected chi connectivity index (χ1v) is 13.9. The average molecular weight is 613 g/mol. The second kappa shape index (κ2) is 12.4. The standard InChI is InChI=1S/C25H28BrCl2N5O2S/c1-6-33-23(22(13(2)3)30-24(35)17-8-7-16(27)11-19(17)28)31-32-25(33)36-12-21(34)29-20-10-9-18(26)14(4)15(20)5/h7-11,13,22H,6,12H2,1-5H3,(H,29,34)(H,30,35)/t22-/m1/s1. The van der Waals surface area contributed by atoms with Crippen molar-refractivity contribution in [1.82, 2.24) is 20.1 Å². The Morgan fingerprint density at radius 1 is 1.11 bits per heavy atom. The monoisotopic (exact) mass is 611 g/mol. The maximum Gasteiger partial charge on any atom is 0.253 e. The van der Waals surface area contributed by atoms with Gasteiger partial charge in [0.15, 0.2) is 11.0 Å². The van der Waals surface area contributed by atoms with Gasteiger partial charge in [0, 0.05) is 21.7 Å². The fourth-order valence-electron chi connectivity index (χ4n) is 3.60. The van der Waals surface area contributed by atoms with Crippen LogP contribution < -0.4 is 10.6 Å². The Balaban J connectivity index is 1.74. The summed E-state index contributed by atoms with van der Waals surface area (Å²) in [5.74, 6) is 0.358. The molecule has 0 saturated heterocycles. The first-order valence-electron chi connectivity index (χ1n) is 11.4. The lowest BCUT2D eigenvalue weighted by atomic mass is 10.0. The lowest BCUT2D eigenvalue weighted by Gasteiger charge is -2.22. The Labute approximate surface area is 233 Å². The molecule has 2 amide bonds. The van der Waals surface area contributed by atoms with Crippen LogP contribution in [0.1, 0.15) is 54.1 Å². The number of benzene rings is 2. The largest absolute Gasteiger partial charge is 0.342 e. The number of aromatic nitrogens is 3. The normalized spacial score (nSPS) is 12.0. The molecule has 2 N–H and O–H groups in total. The lowest BCUT2D eigenvalue weighted by molar-refractivity contribution is -0.113. The maximum atomic E-state index is 13.0. The van der Waals surface area contributed by atoms with Gasteiger partial charge in [-0.25, -0.2) is 0 Å². The van der Waals surface area contributed by atoms with E-state index in [1.165, 1.54) is 17.8 Å². The molecular formula is C25H28BrCl2N5O2S. The Bertz CT molecular complexity index is 1280. The summed E-state index contributed by atoms with van der Waals surface area (Å²) in [7, 11) is 0. The molecular weight excluding hydrogens is 585 g/mol. The number of anilines is 1. The quantitative estimate of drug-likeness (QED) is 0.258. The van der Waals surface area contributed by atoms with Crippen molar-refractivity contribution < 1.29 is 9.59 Å². The van der Waals surface area contributed by atoms with E-state index >= 15 is 0 Å². The van der Waals surface area contributed by atoms with Gasteiger partial charge in [-0.15, -0.1) is 10.2 Å². The molecule has 36 heavy (non-hydrogen) atoms. The molecule has 0 radical (unpaired) electrons. The van der Waals surface area contributed by atoms with Gasteiger partial charge in [-0.05, 0) is 68.1 Å². The molecule has 1 atom stereocenters. The van der Waals surface area contributed by atoms with Gasteiger partial charge in [0.25, 0.3) is 5.91 Å². The van der Waals surface area contributed by atoms with Crippen LogP contribution in [0.25, 0.3) is 0 Å². The number of amides is 2. The molecule has 1 aromatic heterocycles. The molecule has 3 aromatic rings. The first kappa shape index (κ1) is 28.5. The second-order valence-corrected chi connectivity index (χ2v) is 11.2. The van der Waals surface area contributed by atoms with Crippen molar-refractivity contribution in [3.63, 3.8) is 0 Å². The third-order valence-corrected chi connectivity index (χ3v) is 8.17. The predicted octanol–water partition coefficient (Wildman–Crippen LogP) is 6.84. The molecule has 0 fully saturated rings. The molecule has 0 spiro atoms. The zero-order valence-corrected chi connectivity index (χ0v) is 24.6. The number of nitrogens with one attached hydrogen (secondary N) is 2. The van der Waals surface area contributed by atoms with E-state index in [0.29, 0.717) is 28.1 Å². The summed E-state index contributed by atoms with van der Waals surface area (Å²) in [6.45, 7) is 10.5. The average Bonchev–Trinajstić information content (AvgIpc) is 3.23. The molecule has 0 aliphatic carbocycles. The van der Waals surface area contributed by atoms with Gasteiger partial charge in [0.1, 0.15) is 0 Å². The summed E-state index contributed by atoms with van der Waals surface area (Å²) < 4.78 is 2.92. The fraction of sp³-hybridized carbons (Fsp3) is 0.360. The highest BCUT2D eigenvalue weighted by molar-refractivity contribution is 9.10. The molecule has 11 heteroatoms. The number of carbonyl (C=O) groups is 2.